The second-order valence-electron chi connectivity index (χ2n) is 3.84. The van der Waals surface area contributed by atoms with Gasteiger partial charge in [-0.25, -0.2) is 9.97 Å². The summed E-state index contributed by atoms with van der Waals surface area (Å²) in [5, 5.41) is 10.2. The van der Waals surface area contributed by atoms with Gasteiger partial charge in [0.05, 0.1) is 12.4 Å². The molecule has 2 rings (SSSR count). The number of nitrogens with one attached hydrogen (secondary N) is 1. The van der Waals surface area contributed by atoms with Gasteiger partial charge in [-0.05, 0) is 18.6 Å². The number of pyridine rings is 1. The van der Waals surface area contributed by atoms with Crippen LogP contribution in [0.3, 0.4) is 0 Å². The predicted octanol–water partition coefficient (Wildman–Crippen LogP) is 2.12. The Labute approximate surface area is 115 Å². The maximum Gasteiger partial charge on any atom is 0.258 e. The highest BCUT2D eigenvalue weighted by molar-refractivity contribution is 6.29. The Bertz CT molecular complexity index is 576. The highest BCUT2D eigenvalue weighted by Crippen LogP contribution is 2.13. The molecule has 1 amide bonds. The molecule has 0 unspecified atom stereocenters. The Morgan fingerprint density at radius 3 is 2.89 bits per heavy atom. The number of carbonyl (C=O) groups excluding carboxylic acids is 1. The first-order chi connectivity index (χ1) is 9.19. The Morgan fingerprint density at radius 2 is 2.21 bits per heavy atom. The fourth-order valence-corrected chi connectivity index (χ4v) is 1.77. The van der Waals surface area contributed by atoms with Crippen LogP contribution in [0.4, 0.5) is 5.95 Å². The maximum atomic E-state index is 12.0. The van der Waals surface area contributed by atoms with Crippen molar-refractivity contribution in [3.8, 4) is 0 Å². The van der Waals surface area contributed by atoms with E-state index in [0.717, 1.165) is 18.5 Å². The zero-order chi connectivity index (χ0) is 13.7. The Kier molecular flexibility index (Phi) is 4.35. The number of aryl methyl sites for hydroxylation is 1. The largest absolute Gasteiger partial charge is 0.289 e. The molecule has 0 aliphatic heterocycles. The third-order valence-corrected chi connectivity index (χ3v) is 2.52. The van der Waals surface area contributed by atoms with Gasteiger partial charge >= 0.3 is 0 Å². The predicted molar refractivity (Wildman–Crippen MR) is 71.0 cm³/mol. The first-order valence-corrected chi connectivity index (χ1v) is 6.18. The van der Waals surface area contributed by atoms with Gasteiger partial charge in [-0.2, -0.15) is 5.10 Å². The van der Waals surface area contributed by atoms with Gasteiger partial charge in [0.1, 0.15) is 5.15 Å². The fraction of sp³-hybridized carbons (Fsp3) is 0.250. The molecule has 2 heterocycles. The number of aromatic nitrogens is 4. The van der Waals surface area contributed by atoms with Gasteiger partial charge < -0.3 is 0 Å². The molecule has 1 N–H and O–H groups in total. The average molecular weight is 278 g/mol. The zero-order valence-corrected chi connectivity index (χ0v) is 11.1. The molecule has 0 spiro atoms. The lowest BCUT2D eigenvalue weighted by Crippen LogP contribution is -2.15. The second-order valence-corrected chi connectivity index (χ2v) is 4.23. The Balaban J connectivity index is 2.19. The number of amides is 1. The van der Waals surface area contributed by atoms with Crippen LogP contribution in [-0.2, 0) is 6.42 Å². The fourth-order valence-electron chi connectivity index (χ4n) is 1.55. The van der Waals surface area contributed by atoms with Crippen molar-refractivity contribution in [3.05, 3.63) is 40.9 Å². The minimum absolute atomic E-state index is 0.150. The van der Waals surface area contributed by atoms with Crippen LogP contribution < -0.4 is 5.32 Å². The van der Waals surface area contributed by atoms with Crippen molar-refractivity contribution in [1.82, 2.24) is 20.2 Å². The van der Waals surface area contributed by atoms with Gasteiger partial charge in [0.2, 0.25) is 5.95 Å². The molecule has 19 heavy (non-hydrogen) atoms. The number of anilines is 1. The van der Waals surface area contributed by atoms with E-state index >= 15 is 0 Å². The van der Waals surface area contributed by atoms with E-state index < -0.39 is 0 Å². The molecule has 0 saturated heterocycles. The van der Waals surface area contributed by atoms with Crippen LogP contribution in [0.1, 0.15) is 29.4 Å². The third-order valence-electron chi connectivity index (χ3n) is 2.32. The minimum Gasteiger partial charge on any atom is -0.289 e. The van der Waals surface area contributed by atoms with E-state index in [1.165, 1.54) is 18.5 Å². The van der Waals surface area contributed by atoms with Crippen molar-refractivity contribution in [2.45, 2.75) is 19.8 Å². The Hall–Kier alpha value is -2.08. The van der Waals surface area contributed by atoms with Gasteiger partial charge in [0, 0.05) is 11.3 Å². The van der Waals surface area contributed by atoms with Crippen LogP contribution in [0.15, 0.2) is 24.5 Å². The van der Waals surface area contributed by atoms with Crippen molar-refractivity contribution >= 4 is 23.5 Å². The lowest BCUT2D eigenvalue weighted by atomic mass is 10.1. The molecule has 0 aromatic carbocycles. The molecule has 98 valence electrons. The van der Waals surface area contributed by atoms with E-state index in [1.54, 1.807) is 6.07 Å². The molecule has 0 aliphatic rings. The van der Waals surface area contributed by atoms with Gasteiger partial charge in [-0.3, -0.25) is 10.1 Å². The highest BCUT2D eigenvalue weighted by Gasteiger charge is 2.10. The van der Waals surface area contributed by atoms with E-state index in [1.807, 2.05) is 6.92 Å². The first kappa shape index (κ1) is 13.4. The summed E-state index contributed by atoms with van der Waals surface area (Å²) < 4.78 is 0. The molecular weight excluding hydrogens is 266 g/mol. The van der Waals surface area contributed by atoms with E-state index in [-0.39, 0.29) is 11.9 Å². The monoisotopic (exact) mass is 277 g/mol. The van der Waals surface area contributed by atoms with Gasteiger partial charge in [-0.15, -0.1) is 5.10 Å². The third kappa shape index (κ3) is 3.69. The molecule has 0 bridgehead atoms. The van der Waals surface area contributed by atoms with Crippen LogP contribution in [0.25, 0.3) is 0 Å². The van der Waals surface area contributed by atoms with Crippen molar-refractivity contribution in [2.24, 2.45) is 0 Å². The van der Waals surface area contributed by atoms with Gasteiger partial charge in [-0.1, -0.05) is 24.9 Å². The maximum absolute atomic E-state index is 12.0. The normalized spacial score (nSPS) is 10.2. The summed E-state index contributed by atoms with van der Waals surface area (Å²) in [4.78, 5) is 20.0. The molecule has 0 atom stereocenters. The average Bonchev–Trinajstić information content (AvgIpc) is 2.39. The minimum atomic E-state index is -0.338. The van der Waals surface area contributed by atoms with Crippen molar-refractivity contribution in [1.29, 1.82) is 0 Å². The lowest BCUT2D eigenvalue weighted by molar-refractivity contribution is 0.102. The summed E-state index contributed by atoms with van der Waals surface area (Å²) in [6.45, 7) is 2.03. The molecule has 0 radical (unpaired) electrons. The Morgan fingerprint density at radius 1 is 1.37 bits per heavy atom. The van der Waals surface area contributed by atoms with Crippen LogP contribution in [0.2, 0.25) is 5.15 Å². The van der Waals surface area contributed by atoms with Crippen molar-refractivity contribution in [3.63, 3.8) is 0 Å². The molecule has 7 heteroatoms. The number of nitrogens with zero attached hydrogens (tertiary/aromatic N) is 4. The lowest BCUT2D eigenvalue weighted by Gasteiger charge is -2.05. The van der Waals surface area contributed by atoms with E-state index in [4.69, 9.17) is 11.6 Å². The summed E-state index contributed by atoms with van der Waals surface area (Å²) in [6, 6.07) is 3.22. The van der Waals surface area contributed by atoms with Crippen molar-refractivity contribution in [2.75, 3.05) is 5.32 Å². The summed E-state index contributed by atoms with van der Waals surface area (Å²) >= 11 is 5.90. The van der Waals surface area contributed by atoms with Gasteiger partial charge in [0.25, 0.3) is 5.91 Å². The summed E-state index contributed by atoms with van der Waals surface area (Å²) in [5.41, 5.74) is 1.21. The number of halogens is 1. The zero-order valence-electron chi connectivity index (χ0n) is 10.3. The van der Waals surface area contributed by atoms with E-state index in [0.29, 0.717) is 10.7 Å². The SMILES string of the molecule is CCCc1cc(C(=O)Nc2nccnn2)cc(Cl)n1. The summed E-state index contributed by atoms with van der Waals surface area (Å²) in [5.74, 6) is -0.188. The quantitative estimate of drug-likeness (QED) is 0.866. The highest BCUT2D eigenvalue weighted by atomic mass is 35.5. The molecular formula is C12H12ClN5O. The molecule has 2 aromatic rings. The molecule has 2 aromatic heterocycles. The number of hydrogen-bond donors (Lipinski definition) is 1. The molecule has 0 aliphatic carbocycles. The van der Waals surface area contributed by atoms with Gasteiger partial charge in [0.15, 0.2) is 0 Å². The molecule has 0 fully saturated rings. The molecule has 0 saturated carbocycles. The van der Waals surface area contributed by atoms with Crippen molar-refractivity contribution < 1.29 is 4.79 Å². The number of rotatable bonds is 4. The van der Waals surface area contributed by atoms with Crippen LogP contribution >= 0.6 is 11.6 Å². The van der Waals surface area contributed by atoms with Crippen LogP contribution in [0, 0.1) is 0 Å². The smallest absolute Gasteiger partial charge is 0.258 e. The van der Waals surface area contributed by atoms with Crippen LogP contribution in [-0.4, -0.2) is 26.1 Å². The second kappa shape index (κ2) is 6.19. The molecule has 6 nitrogen and oxygen atoms in total. The van der Waals surface area contributed by atoms with E-state index in [9.17, 15) is 4.79 Å². The summed E-state index contributed by atoms with van der Waals surface area (Å²) in [7, 11) is 0. The van der Waals surface area contributed by atoms with Crippen LogP contribution in [0.5, 0.6) is 0 Å². The summed E-state index contributed by atoms with van der Waals surface area (Å²) in [6.07, 6.45) is 4.58. The number of hydrogen-bond acceptors (Lipinski definition) is 5. The van der Waals surface area contributed by atoms with E-state index in [2.05, 4.69) is 25.5 Å². The standard InChI is InChI=1S/C12H12ClN5O/c1-2-3-9-6-8(7-10(13)16-9)11(19)17-12-14-4-5-15-18-12/h4-7H,2-3H2,1H3,(H,14,17,18,19). The first-order valence-electron chi connectivity index (χ1n) is 5.80. The topological polar surface area (TPSA) is 80.7 Å². The number of carbonyl (C=O) groups is 1.